The van der Waals surface area contributed by atoms with E-state index in [0.29, 0.717) is 33.1 Å². The maximum absolute atomic E-state index is 13.1. The van der Waals surface area contributed by atoms with Crippen LogP contribution in [0.2, 0.25) is 0 Å². The van der Waals surface area contributed by atoms with Gasteiger partial charge in [0.25, 0.3) is 5.56 Å². The van der Waals surface area contributed by atoms with Gasteiger partial charge in [-0.15, -0.1) is 10.2 Å². The topological polar surface area (TPSA) is 80.4 Å². The number of fused-ring (bicyclic) bond motifs is 1. The molecule has 1 aliphatic rings. The molecule has 6 nitrogen and oxygen atoms in total. The van der Waals surface area contributed by atoms with Gasteiger partial charge in [0, 0.05) is 22.9 Å². The number of aromatic hydroxyl groups is 1. The summed E-state index contributed by atoms with van der Waals surface area (Å²) in [6, 6.07) is 14.7. The fourth-order valence-electron chi connectivity index (χ4n) is 3.32. The molecule has 1 fully saturated rings. The van der Waals surface area contributed by atoms with Gasteiger partial charge in [0.2, 0.25) is 11.0 Å². The molecule has 4 aromatic rings. The molecule has 5 rings (SSSR count). The zero-order chi connectivity index (χ0) is 20.0. The summed E-state index contributed by atoms with van der Waals surface area (Å²) in [5.74, 6) is 0.377. The Balaban J connectivity index is 1.67. The first kappa shape index (κ1) is 17.8. The molecule has 144 valence electrons. The first-order valence-corrected chi connectivity index (χ1v) is 10.2. The Hall–Kier alpha value is -3.32. The van der Waals surface area contributed by atoms with Crippen LogP contribution in [0.15, 0.2) is 58.3 Å². The first-order chi connectivity index (χ1) is 14.1. The zero-order valence-corrected chi connectivity index (χ0v) is 16.6. The molecule has 0 atom stereocenters. The van der Waals surface area contributed by atoms with Crippen LogP contribution < -0.4 is 5.56 Å². The van der Waals surface area contributed by atoms with Crippen molar-refractivity contribution in [1.82, 2.24) is 14.8 Å². The highest BCUT2D eigenvalue weighted by atomic mass is 32.1. The molecule has 1 saturated carbocycles. The van der Waals surface area contributed by atoms with Crippen molar-refractivity contribution in [3.05, 3.63) is 75.0 Å². The molecular formula is C22H18N4O2S. The highest BCUT2D eigenvalue weighted by Crippen LogP contribution is 2.42. The molecular weight excluding hydrogens is 384 g/mol. The van der Waals surface area contributed by atoms with Gasteiger partial charge in [-0.25, -0.2) is 9.56 Å². The molecule has 0 saturated heterocycles. The molecule has 2 aromatic carbocycles. The van der Waals surface area contributed by atoms with Gasteiger partial charge < -0.3 is 5.11 Å². The van der Waals surface area contributed by atoms with Gasteiger partial charge in [-0.05, 0) is 38.0 Å². The third-order valence-corrected chi connectivity index (χ3v) is 6.05. The van der Waals surface area contributed by atoms with Crippen LogP contribution in [0, 0.1) is 6.92 Å². The number of nitrogens with zero attached hydrogens (tertiary/aromatic N) is 4. The average Bonchev–Trinajstić information content (AvgIpc) is 3.48. The van der Waals surface area contributed by atoms with Crippen molar-refractivity contribution in [3.63, 3.8) is 0 Å². The van der Waals surface area contributed by atoms with Gasteiger partial charge in [0.15, 0.2) is 0 Å². The van der Waals surface area contributed by atoms with E-state index in [9.17, 15) is 9.90 Å². The average molecular weight is 402 g/mol. The van der Waals surface area contributed by atoms with Gasteiger partial charge in [-0.1, -0.05) is 47.2 Å². The molecule has 2 heterocycles. The van der Waals surface area contributed by atoms with E-state index in [-0.39, 0.29) is 11.4 Å². The predicted molar refractivity (Wildman–Crippen MR) is 115 cm³/mol. The van der Waals surface area contributed by atoms with Gasteiger partial charge in [0.1, 0.15) is 5.01 Å². The lowest BCUT2D eigenvalue weighted by Gasteiger charge is -2.13. The second kappa shape index (κ2) is 6.93. The Bertz CT molecular complexity index is 1300. The molecule has 1 N–H and O–H groups in total. The van der Waals surface area contributed by atoms with E-state index in [0.717, 1.165) is 23.4 Å². The molecule has 0 radical (unpaired) electrons. The van der Waals surface area contributed by atoms with Gasteiger partial charge in [0.05, 0.1) is 11.3 Å². The number of hydrogen-bond acceptors (Lipinski definition) is 6. The molecule has 0 bridgehead atoms. The minimum atomic E-state index is -0.272. The molecule has 0 unspecified atom stereocenters. The number of benzene rings is 2. The van der Waals surface area contributed by atoms with Crippen molar-refractivity contribution in [3.8, 4) is 11.6 Å². The second-order valence-corrected chi connectivity index (χ2v) is 8.20. The van der Waals surface area contributed by atoms with Crippen LogP contribution in [0.25, 0.3) is 16.5 Å². The van der Waals surface area contributed by atoms with Crippen LogP contribution in [0.1, 0.15) is 34.9 Å². The Labute approximate surface area is 170 Å². The van der Waals surface area contributed by atoms with Crippen molar-refractivity contribution < 1.29 is 5.11 Å². The van der Waals surface area contributed by atoms with E-state index in [2.05, 4.69) is 15.2 Å². The Kier molecular flexibility index (Phi) is 4.24. The third-order valence-electron chi connectivity index (χ3n) is 5.06. The monoisotopic (exact) mass is 402 g/mol. The van der Waals surface area contributed by atoms with Crippen molar-refractivity contribution in [2.24, 2.45) is 4.99 Å². The fraction of sp³-hybridized carbons (Fsp3) is 0.182. The fourth-order valence-corrected chi connectivity index (χ4v) is 4.17. The zero-order valence-electron chi connectivity index (χ0n) is 15.7. The first-order valence-electron chi connectivity index (χ1n) is 9.43. The molecule has 2 aromatic heterocycles. The SMILES string of the molecule is Cc1ccc(-n2c(O)c(/C=N/c3nnc(C4CC4)s3)c3ccccc3c2=O)cc1. The lowest BCUT2D eigenvalue weighted by molar-refractivity contribution is 0.436. The molecule has 7 heteroatoms. The number of hydrogen-bond donors (Lipinski definition) is 1. The smallest absolute Gasteiger partial charge is 0.265 e. The van der Waals surface area contributed by atoms with E-state index in [4.69, 9.17) is 0 Å². The number of aryl methyl sites for hydroxylation is 1. The summed E-state index contributed by atoms with van der Waals surface area (Å²) in [5, 5.41) is 22.1. The summed E-state index contributed by atoms with van der Waals surface area (Å²) in [6.45, 7) is 1.98. The third kappa shape index (κ3) is 3.23. The lowest BCUT2D eigenvalue weighted by Crippen LogP contribution is -2.20. The van der Waals surface area contributed by atoms with E-state index in [1.165, 1.54) is 15.9 Å². The summed E-state index contributed by atoms with van der Waals surface area (Å²) in [5.41, 5.74) is 1.88. The van der Waals surface area contributed by atoms with Crippen LogP contribution in [0.3, 0.4) is 0 Å². The van der Waals surface area contributed by atoms with Crippen LogP contribution >= 0.6 is 11.3 Å². The summed E-state index contributed by atoms with van der Waals surface area (Å²) in [7, 11) is 0. The Morgan fingerprint density at radius 1 is 1.10 bits per heavy atom. The van der Waals surface area contributed by atoms with Crippen molar-refractivity contribution in [1.29, 1.82) is 0 Å². The van der Waals surface area contributed by atoms with Gasteiger partial charge in [-0.2, -0.15) is 0 Å². The number of pyridine rings is 1. The number of aromatic nitrogens is 3. The Morgan fingerprint density at radius 2 is 1.83 bits per heavy atom. The summed E-state index contributed by atoms with van der Waals surface area (Å²) in [4.78, 5) is 17.5. The number of rotatable bonds is 4. The van der Waals surface area contributed by atoms with Crippen molar-refractivity contribution in [2.45, 2.75) is 25.7 Å². The summed E-state index contributed by atoms with van der Waals surface area (Å²) in [6.07, 6.45) is 3.88. The summed E-state index contributed by atoms with van der Waals surface area (Å²) < 4.78 is 1.32. The quantitative estimate of drug-likeness (QED) is 0.510. The van der Waals surface area contributed by atoms with E-state index < -0.39 is 0 Å². The van der Waals surface area contributed by atoms with Crippen molar-refractivity contribution in [2.75, 3.05) is 0 Å². The maximum Gasteiger partial charge on any atom is 0.265 e. The maximum atomic E-state index is 13.1. The Morgan fingerprint density at radius 3 is 2.55 bits per heavy atom. The highest BCUT2D eigenvalue weighted by Gasteiger charge is 2.27. The van der Waals surface area contributed by atoms with Crippen LogP contribution in [-0.2, 0) is 0 Å². The molecule has 29 heavy (non-hydrogen) atoms. The van der Waals surface area contributed by atoms with Crippen LogP contribution in [0.4, 0.5) is 5.13 Å². The lowest BCUT2D eigenvalue weighted by atomic mass is 10.1. The molecule has 1 aliphatic carbocycles. The van der Waals surface area contributed by atoms with E-state index in [1.54, 1.807) is 12.3 Å². The van der Waals surface area contributed by atoms with Gasteiger partial charge >= 0.3 is 0 Å². The van der Waals surface area contributed by atoms with Gasteiger partial charge in [-0.3, -0.25) is 4.79 Å². The second-order valence-electron chi connectivity index (χ2n) is 7.21. The predicted octanol–water partition coefficient (Wildman–Crippen LogP) is 4.48. The minimum Gasteiger partial charge on any atom is -0.494 e. The van der Waals surface area contributed by atoms with E-state index in [1.807, 2.05) is 49.4 Å². The molecule has 0 amide bonds. The normalized spacial score (nSPS) is 14.1. The van der Waals surface area contributed by atoms with Crippen molar-refractivity contribution >= 4 is 33.5 Å². The standard InChI is InChI=1S/C22H18N4O2S/c1-13-6-10-15(11-7-13)26-20(27)17-5-3-2-4-16(17)18(21(26)28)12-23-22-25-24-19(29-22)14-8-9-14/h2-7,10-12,14,28H,8-9H2,1H3/b23-12+. The van der Waals surface area contributed by atoms with Crippen LogP contribution in [0.5, 0.6) is 5.88 Å². The van der Waals surface area contributed by atoms with E-state index >= 15 is 0 Å². The summed E-state index contributed by atoms with van der Waals surface area (Å²) >= 11 is 1.47. The largest absolute Gasteiger partial charge is 0.494 e. The molecule has 0 spiro atoms. The molecule has 0 aliphatic heterocycles. The van der Waals surface area contributed by atoms with Crippen LogP contribution in [-0.4, -0.2) is 26.1 Å². The minimum absolute atomic E-state index is 0.145. The number of aliphatic imine (C=N–C) groups is 1. The highest BCUT2D eigenvalue weighted by molar-refractivity contribution is 7.15.